The molecule has 0 radical (unpaired) electrons. The van der Waals surface area contributed by atoms with Gasteiger partial charge in [-0.2, -0.15) is 11.8 Å². The summed E-state index contributed by atoms with van der Waals surface area (Å²) in [6.07, 6.45) is 0. The summed E-state index contributed by atoms with van der Waals surface area (Å²) in [5, 5.41) is 0. The molecule has 0 saturated carbocycles. The highest BCUT2D eigenvalue weighted by Crippen LogP contribution is 2.09. The fourth-order valence-electron chi connectivity index (χ4n) is 0.266. The van der Waals surface area contributed by atoms with E-state index in [0.29, 0.717) is 0 Å². The molecule has 0 amide bonds. The zero-order chi connectivity index (χ0) is 6.41. The van der Waals surface area contributed by atoms with Crippen molar-refractivity contribution in [3.05, 3.63) is 11.1 Å². The van der Waals surface area contributed by atoms with E-state index < -0.39 is 0 Å². The van der Waals surface area contributed by atoms with Crippen molar-refractivity contribution >= 4 is 27.7 Å². The Labute approximate surface area is 62.8 Å². The molecule has 8 heavy (non-hydrogen) atoms. The first kappa shape index (κ1) is 8.53. The van der Waals surface area contributed by atoms with Crippen molar-refractivity contribution in [3.8, 4) is 0 Å². The molecule has 1 nitrogen and oxygen atoms in total. The zero-order valence-corrected chi connectivity index (χ0v) is 7.09. The SMILES string of the molecule is C=C(Br)CSCCN. The number of thioether (sulfide) groups is 1. The molecule has 0 fully saturated rings. The van der Waals surface area contributed by atoms with Gasteiger partial charge >= 0.3 is 0 Å². The molecular formula is C5H10BrNS. The molecule has 0 aromatic rings. The van der Waals surface area contributed by atoms with Gasteiger partial charge in [0.2, 0.25) is 0 Å². The van der Waals surface area contributed by atoms with Gasteiger partial charge in [0.05, 0.1) is 0 Å². The summed E-state index contributed by atoms with van der Waals surface area (Å²) in [7, 11) is 0. The molecule has 3 heteroatoms. The first-order chi connectivity index (χ1) is 3.77. The molecule has 0 aliphatic carbocycles. The van der Waals surface area contributed by atoms with Gasteiger partial charge in [0.25, 0.3) is 0 Å². The second-order valence-electron chi connectivity index (χ2n) is 1.36. The summed E-state index contributed by atoms with van der Waals surface area (Å²) >= 11 is 5.04. The van der Waals surface area contributed by atoms with Crippen molar-refractivity contribution in [2.24, 2.45) is 5.73 Å². The van der Waals surface area contributed by atoms with Crippen LogP contribution < -0.4 is 5.73 Å². The lowest BCUT2D eigenvalue weighted by Gasteiger charge is -1.93. The third kappa shape index (κ3) is 6.53. The van der Waals surface area contributed by atoms with Gasteiger partial charge in [-0.25, -0.2) is 0 Å². The third-order valence-electron chi connectivity index (χ3n) is 0.521. The number of rotatable bonds is 4. The minimum absolute atomic E-state index is 0.755. The fourth-order valence-corrected chi connectivity index (χ4v) is 1.28. The van der Waals surface area contributed by atoms with Crippen molar-refractivity contribution in [2.75, 3.05) is 18.1 Å². The van der Waals surface area contributed by atoms with Crippen molar-refractivity contribution in [1.82, 2.24) is 0 Å². The Morgan fingerprint density at radius 3 is 2.75 bits per heavy atom. The Morgan fingerprint density at radius 1 is 1.75 bits per heavy atom. The summed E-state index contributed by atoms with van der Waals surface area (Å²) < 4.78 is 1.04. The minimum Gasteiger partial charge on any atom is -0.330 e. The second-order valence-corrected chi connectivity index (χ2v) is 3.59. The maximum absolute atomic E-state index is 5.25. The van der Waals surface area contributed by atoms with Gasteiger partial charge in [0.1, 0.15) is 0 Å². The molecule has 0 unspecified atom stereocenters. The quantitative estimate of drug-likeness (QED) is 0.691. The summed E-state index contributed by atoms with van der Waals surface area (Å²) in [5.74, 6) is 1.99. The van der Waals surface area contributed by atoms with E-state index in [1.165, 1.54) is 0 Å². The Morgan fingerprint density at radius 2 is 2.38 bits per heavy atom. The molecule has 0 aromatic heterocycles. The van der Waals surface area contributed by atoms with Crippen LogP contribution >= 0.6 is 27.7 Å². The zero-order valence-electron chi connectivity index (χ0n) is 4.69. The largest absolute Gasteiger partial charge is 0.330 e. The van der Waals surface area contributed by atoms with Crippen molar-refractivity contribution in [3.63, 3.8) is 0 Å². The van der Waals surface area contributed by atoms with E-state index in [4.69, 9.17) is 5.73 Å². The molecule has 0 heterocycles. The second kappa shape index (κ2) is 5.66. The average Bonchev–Trinajstić information content (AvgIpc) is 1.66. The molecule has 0 spiro atoms. The third-order valence-corrected chi connectivity index (χ3v) is 2.25. The standard InChI is InChI=1S/C5H10BrNS/c1-5(6)4-8-3-2-7/h1-4,7H2. The normalized spacial score (nSPS) is 9.25. The topological polar surface area (TPSA) is 26.0 Å². The molecule has 0 bridgehead atoms. The van der Waals surface area contributed by atoms with Crippen LogP contribution in [0.4, 0.5) is 0 Å². The van der Waals surface area contributed by atoms with E-state index in [1.807, 2.05) is 0 Å². The Balaban J connectivity index is 2.82. The van der Waals surface area contributed by atoms with Crippen LogP contribution in [-0.2, 0) is 0 Å². The predicted octanol–water partition coefficient (Wildman–Crippen LogP) is 1.59. The van der Waals surface area contributed by atoms with E-state index in [0.717, 1.165) is 22.5 Å². The highest BCUT2D eigenvalue weighted by molar-refractivity contribution is 9.11. The highest BCUT2D eigenvalue weighted by atomic mass is 79.9. The Hall–Kier alpha value is 0.530. The van der Waals surface area contributed by atoms with Gasteiger partial charge < -0.3 is 5.73 Å². The van der Waals surface area contributed by atoms with E-state index in [1.54, 1.807) is 11.8 Å². The number of nitrogens with two attached hydrogens (primary N) is 1. The first-order valence-electron chi connectivity index (χ1n) is 2.38. The van der Waals surface area contributed by atoms with Crippen LogP contribution in [0.15, 0.2) is 11.1 Å². The van der Waals surface area contributed by atoms with Gasteiger partial charge in [0.15, 0.2) is 0 Å². The van der Waals surface area contributed by atoms with Crippen LogP contribution in [0.1, 0.15) is 0 Å². The molecule has 0 aliphatic rings. The maximum atomic E-state index is 5.25. The summed E-state index contributed by atoms with van der Waals surface area (Å²) in [6, 6.07) is 0. The van der Waals surface area contributed by atoms with Crippen LogP contribution in [0, 0.1) is 0 Å². The maximum Gasteiger partial charge on any atom is 0.0245 e. The van der Waals surface area contributed by atoms with Gasteiger partial charge in [-0.15, -0.1) is 0 Å². The highest BCUT2D eigenvalue weighted by Gasteiger charge is 1.86. The molecule has 0 saturated heterocycles. The van der Waals surface area contributed by atoms with Gasteiger partial charge in [-0.3, -0.25) is 0 Å². The lowest BCUT2D eigenvalue weighted by Crippen LogP contribution is -2.01. The van der Waals surface area contributed by atoms with Crippen molar-refractivity contribution in [2.45, 2.75) is 0 Å². The van der Waals surface area contributed by atoms with Crippen LogP contribution in [0.2, 0.25) is 0 Å². The predicted molar refractivity (Wildman–Crippen MR) is 44.4 cm³/mol. The Bertz CT molecular complexity index is 74.8. The lowest BCUT2D eigenvalue weighted by molar-refractivity contribution is 1.15. The first-order valence-corrected chi connectivity index (χ1v) is 4.33. The van der Waals surface area contributed by atoms with Crippen molar-refractivity contribution < 1.29 is 0 Å². The molecule has 0 aliphatic heterocycles. The van der Waals surface area contributed by atoms with E-state index in [-0.39, 0.29) is 0 Å². The summed E-state index contributed by atoms with van der Waals surface area (Å²) in [4.78, 5) is 0. The van der Waals surface area contributed by atoms with E-state index in [9.17, 15) is 0 Å². The molecule has 0 atom stereocenters. The van der Waals surface area contributed by atoms with E-state index >= 15 is 0 Å². The summed E-state index contributed by atoms with van der Waals surface area (Å²) in [6.45, 7) is 4.44. The molecule has 0 rings (SSSR count). The van der Waals surface area contributed by atoms with Crippen LogP contribution in [0.3, 0.4) is 0 Å². The van der Waals surface area contributed by atoms with Gasteiger partial charge in [-0.05, 0) is 4.48 Å². The number of hydrogen-bond acceptors (Lipinski definition) is 2. The monoisotopic (exact) mass is 195 g/mol. The Kier molecular flexibility index (Phi) is 6.04. The fraction of sp³-hybridized carbons (Fsp3) is 0.600. The molecule has 2 N–H and O–H groups in total. The molecular weight excluding hydrogens is 186 g/mol. The van der Waals surface area contributed by atoms with Gasteiger partial charge in [0, 0.05) is 18.1 Å². The average molecular weight is 196 g/mol. The number of halogens is 1. The lowest BCUT2D eigenvalue weighted by atomic mass is 10.8. The minimum atomic E-state index is 0.755. The van der Waals surface area contributed by atoms with Gasteiger partial charge in [-0.1, -0.05) is 22.5 Å². The van der Waals surface area contributed by atoms with Crippen LogP contribution in [-0.4, -0.2) is 18.1 Å². The smallest absolute Gasteiger partial charge is 0.0245 e. The summed E-state index contributed by atoms with van der Waals surface area (Å²) in [5.41, 5.74) is 5.25. The number of hydrogen-bond donors (Lipinski definition) is 1. The van der Waals surface area contributed by atoms with E-state index in [2.05, 4.69) is 22.5 Å². The van der Waals surface area contributed by atoms with Crippen LogP contribution in [0.25, 0.3) is 0 Å². The molecule has 48 valence electrons. The van der Waals surface area contributed by atoms with Crippen molar-refractivity contribution in [1.29, 1.82) is 0 Å². The molecule has 0 aromatic carbocycles. The van der Waals surface area contributed by atoms with Crippen LogP contribution in [0.5, 0.6) is 0 Å².